The van der Waals surface area contributed by atoms with Gasteiger partial charge in [-0.3, -0.25) is 14.3 Å². The standard InChI is InChI=1S/C14H22N4O3/c1-11(19)17-5-3-12(4-6-17)14(20)16-13-9-15-18(10-13)7-8-21-2/h9-10,12H,3-8H2,1-2H3,(H,16,20). The van der Waals surface area contributed by atoms with Crippen LogP contribution in [-0.2, 0) is 20.9 Å². The molecule has 116 valence electrons. The third-order valence-electron chi connectivity index (χ3n) is 3.74. The second-order valence-corrected chi connectivity index (χ2v) is 5.25. The normalized spacial score (nSPS) is 16.0. The molecule has 1 aromatic rings. The van der Waals surface area contributed by atoms with Crippen LogP contribution in [0.3, 0.4) is 0 Å². The number of anilines is 1. The van der Waals surface area contributed by atoms with Gasteiger partial charge >= 0.3 is 0 Å². The average Bonchev–Trinajstić information content (AvgIpc) is 2.92. The minimum atomic E-state index is -0.0390. The van der Waals surface area contributed by atoms with Crippen molar-refractivity contribution in [2.24, 2.45) is 5.92 Å². The Labute approximate surface area is 124 Å². The second-order valence-electron chi connectivity index (χ2n) is 5.25. The third-order valence-corrected chi connectivity index (χ3v) is 3.74. The van der Waals surface area contributed by atoms with Gasteiger partial charge in [0.2, 0.25) is 11.8 Å². The van der Waals surface area contributed by atoms with E-state index in [0.29, 0.717) is 44.8 Å². The highest BCUT2D eigenvalue weighted by Crippen LogP contribution is 2.19. The molecule has 1 aliphatic rings. The van der Waals surface area contributed by atoms with Crippen molar-refractivity contribution in [2.75, 3.05) is 32.1 Å². The van der Waals surface area contributed by atoms with E-state index in [1.165, 1.54) is 0 Å². The minimum absolute atomic E-state index is 0.00416. The molecule has 1 fully saturated rings. The smallest absolute Gasteiger partial charge is 0.227 e. The first-order valence-corrected chi connectivity index (χ1v) is 7.18. The highest BCUT2D eigenvalue weighted by Gasteiger charge is 2.26. The quantitative estimate of drug-likeness (QED) is 0.868. The summed E-state index contributed by atoms with van der Waals surface area (Å²) < 4.78 is 6.71. The molecule has 1 aliphatic heterocycles. The molecule has 1 saturated heterocycles. The maximum Gasteiger partial charge on any atom is 0.227 e. The molecule has 0 aliphatic carbocycles. The Morgan fingerprint density at radius 1 is 1.43 bits per heavy atom. The fourth-order valence-electron chi connectivity index (χ4n) is 2.44. The SMILES string of the molecule is COCCn1cc(NC(=O)C2CCN(C(C)=O)CC2)cn1. The lowest BCUT2D eigenvalue weighted by atomic mass is 9.96. The molecule has 0 spiro atoms. The van der Waals surface area contributed by atoms with Crippen LogP contribution in [0.15, 0.2) is 12.4 Å². The van der Waals surface area contributed by atoms with Crippen molar-refractivity contribution >= 4 is 17.5 Å². The van der Waals surface area contributed by atoms with Crippen LogP contribution in [0.25, 0.3) is 0 Å². The molecule has 7 nitrogen and oxygen atoms in total. The number of nitrogens with one attached hydrogen (secondary N) is 1. The summed E-state index contributed by atoms with van der Waals surface area (Å²) in [4.78, 5) is 25.2. The largest absolute Gasteiger partial charge is 0.383 e. The highest BCUT2D eigenvalue weighted by molar-refractivity contribution is 5.92. The highest BCUT2D eigenvalue weighted by atomic mass is 16.5. The van der Waals surface area contributed by atoms with Crippen LogP contribution in [0, 0.1) is 5.92 Å². The Bertz CT molecular complexity index is 492. The number of hydrogen-bond donors (Lipinski definition) is 1. The Morgan fingerprint density at radius 2 is 2.14 bits per heavy atom. The lowest BCUT2D eigenvalue weighted by Crippen LogP contribution is -2.40. The summed E-state index contributed by atoms with van der Waals surface area (Å²) in [5, 5.41) is 7.04. The summed E-state index contributed by atoms with van der Waals surface area (Å²) in [6.07, 6.45) is 4.85. The maximum absolute atomic E-state index is 12.2. The number of piperidine rings is 1. The van der Waals surface area contributed by atoms with Crippen LogP contribution in [0.2, 0.25) is 0 Å². The maximum atomic E-state index is 12.2. The van der Waals surface area contributed by atoms with E-state index in [0.717, 1.165) is 0 Å². The van der Waals surface area contributed by atoms with E-state index >= 15 is 0 Å². The van der Waals surface area contributed by atoms with Gasteiger partial charge in [-0.1, -0.05) is 0 Å². The topological polar surface area (TPSA) is 76.5 Å². The second kappa shape index (κ2) is 7.21. The van der Waals surface area contributed by atoms with Gasteiger partial charge in [0.05, 0.1) is 25.0 Å². The van der Waals surface area contributed by atoms with Gasteiger partial charge in [-0.25, -0.2) is 0 Å². The zero-order valence-corrected chi connectivity index (χ0v) is 12.5. The van der Waals surface area contributed by atoms with Crippen LogP contribution in [0.1, 0.15) is 19.8 Å². The number of methoxy groups -OCH3 is 1. The summed E-state index contributed by atoms with van der Waals surface area (Å²) in [5.74, 6) is 0.0423. The zero-order valence-electron chi connectivity index (χ0n) is 12.5. The average molecular weight is 294 g/mol. The lowest BCUT2D eigenvalue weighted by molar-refractivity contribution is -0.132. The first kappa shape index (κ1) is 15.5. The molecule has 0 atom stereocenters. The van der Waals surface area contributed by atoms with Crippen LogP contribution in [0.4, 0.5) is 5.69 Å². The van der Waals surface area contributed by atoms with Crippen LogP contribution in [0.5, 0.6) is 0 Å². The minimum Gasteiger partial charge on any atom is -0.383 e. The molecule has 0 bridgehead atoms. The number of rotatable bonds is 5. The van der Waals surface area contributed by atoms with Gasteiger partial charge in [-0.05, 0) is 12.8 Å². The molecule has 2 rings (SSSR count). The number of likely N-dealkylation sites (tertiary alicyclic amines) is 1. The Morgan fingerprint density at radius 3 is 2.76 bits per heavy atom. The van der Waals surface area contributed by atoms with Crippen molar-refractivity contribution in [3.63, 3.8) is 0 Å². The fraction of sp³-hybridized carbons (Fsp3) is 0.643. The zero-order chi connectivity index (χ0) is 15.2. The van der Waals surface area contributed by atoms with Crippen LogP contribution < -0.4 is 5.32 Å². The third kappa shape index (κ3) is 4.29. The van der Waals surface area contributed by atoms with Gasteiger partial charge in [-0.15, -0.1) is 0 Å². The monoisotopic (exact) mass is 294 g/mol. The van der Waals surface area contributed by atoms with Gasteiger partial charge < -0.3 is 15.0 Å². The first-order valence-electron chi connectivity index (χ1n) is 7.18. The van der Waals surface area contributed by atoms with E-state index in [4.69, 9.17) is 4.74 Å². The van der Waals surface area contributed by atoms with Crippen molar-refractivity contribution in [3.8, 4) is 0 Å². The summed E-state index contributed by atoms with van der Waals surface area (Å²) >= 11 is 0. The predicted octanol–water partition coefficient (Wildman–Crippen LogP) is 0.726. The van der Waals surface area contributed by atoms with Gasteiger partial charge in [-0.2, -0.15) is 5.10 Å². The van der Waals surface area contributed by atoms with Crippen LogP contribution >= 0.6 is 0 Å². The predicted molar refractivity (Wildman–Crippen MR) is 77.7 cm³/mol. The summed E-state index contributed by atoms with van der Waals surface area (Å²) in [5.41, 5.74) is 0.699. The molecular formula is C14H22N4O3. The number of aromatic nitrogens is 2. The molecule has 0 radical (unpaired) electrons. The molecule has 2 amide bonds. The van der Waals surface area contributed by atoms with Crippen LogP contribution in [-0.4, -0.2) is 53.3 Å². The van der Waals surface area contributed by atoms with Crippen molar-refractivity contribution in [1.82, 2.24) is 14.7 Å². The number of carbonyl (C=O) groups excluding carboxylic acids is 2. The number of nitrogens with zero attached hydrogens (tertiary/aromatic N) is 3. The molecule has 0 saturated carbocycles. The summed E-state index contributed by atoms with van der Waals surface area (Å²) in [6.45, 7) is 4.11. The Hall–Kier alpha value is -1.89. The number of carbonyl (C=O) groups is 2. The molecule has 1 aromatic heterocycles. The molecule has 21 heavy (non-hydrogen) atoms. The number of hydrogen-bond acceptors (Lipinski definition) is 4. The van der Waals surface area contributed by atoms with Gasteiger partial charge in [0, 0.05) is 39.2 Å². The first-order chi connectivity index (χ1) is 10.1. The van der Waals surface area contributed by atoms with Crippen molar-refractivity contribution in [3.05, 3.63) is 12.4 Å². The summed E-state index contributed by atoms with van der Waals surface area (Å²) in [7, 11) is 1.64. The van der Waals surface area contributed by atoms with E-state index in [-0.39, 0.29) is 17.7 Å². The molecule has 7 heteroatoms. The molecule has 2 heterocycles. The van der Waals surface area contributed by atoms with Gasteiger partial charge in [0.15, 0.2) is 0 Å². The summed E-state index contributed by atoms with van der Waals surface area (Å²) in [6, 6.07) is 0. The number of amides is 2. The van der Waals surface area contributed by atoms with E-state index in [1.54, 1.807) is 36.0 Å². The van der Waals surface area contributed by atoms with E-state index < -0.39 is 0 Å². The van der Waals surface area contributed by atoms with Gasteiger partial charge in [0.25, 0.3) is 0 Å². The Kier molecular flexibility index (Phi) is 5.32. The van der Waals surface area contributed by atoms with E-state index in [1.807, 2.05) is 0 Å². The molecular weight excluding hydrogens is 272 g/mol. The van der Waals surface area contributed by atoms with Crippen molar-refractivity contribution in [2.45, 2.75) is 26.3 Å². The fourth-order valence-corrected chi connectivity index (χ4v) is 2.44. The molecule has 1 N–H and O–H groups in total. The molecule has 0 unspecified atom stereocenters. The number of ether oxygens (including phenoxy) is 1. The molecule has 0 aromatic carbocycles. The van der Waals surface area contributed by atoms with Crippen molar-refractivity contribution in [1.29, 1.82) is 0 Å². The van der Waals surface area contributed by atoms with E-state index in [9.17, 15) is 9.59 Å². The lowest BCUT2D eigenvalue weighted by Gasteiger charge is -2.30. The Balaban J connectivity index is 1.82. The van der Waals surface area contributed by atoms with E-state index in [2.05, 4.69) is 10.4 Å². The van der Waals surface area contributed by atoms with Gasteiger partial charge in [0.1, 0.15) is 0 Å². The van der Waals surface area contributed by atoms with Crippen molar-refractivity contribution < 1.29 is 14.3 Å².